The quantitative estimate of drug-likeness (QED) is 0.709. The second-order valence-electron chi connectivity index (χ2n) is 6.75. The molecule has 0 unspecified atom stereocenters. The van der Waals surface area contributed by atoms with Gasteiger partial charge in [-0.25, -0.2) is 0 Å². The summed E-state index contributed by atoms with van der Waals surface area (Å²) in [6.07, 6.45) is 1.58. The molecule has 140 valence electrons. The first-order chi connectivity index (χ1) is 12.0. The highest BCUT2D eigenvalue weighted by Gasteiger charge is 2.21. The maximum atomic E-state index is 12.6. The second kappa shape index (κ2) is 9.63. The highest BCUT2D eigenvalue weighted by Crippen LogP contribution is 2.27. The normalized spacial score (nSPS) is 15.5. The maximum Gasteiger partial charge on any atom is 0.227 e. The van der Waals surface area contributed by atoms with E-state index in [1.807, 2.05) is 23.1 Å². The Bertz CT molecular complexity index is 555. The van der Waals surface area contributed by atoms with Crippen LogP contribution in [0.3, 0.4) is 0 Å². The highest BCUT2D eigenvalue weighted by molar-refractivity contribution is 5.79. The van der Waals surface area contributed by atoms with Gasteiger partial charge in [-0.15, -0.1) is 0 Å². The SMILES string of the molecule is COc1ccc(CC(=O)N2CCN(CCCN(C)C)CC2)cc1OC. The third-order valence-corrected chi connectivity index (χ3v) is 4.61. The number of carbonyl (C=O) groups excluding carboxylic acids is 1. The van der Waals surface area contributed by atoms with E-state index in [1.165, 1.54) is 6.42 Å². The van der Waals surface area contributed by atoms with Gasteiger partial charge in [-0.3, -0.25) is 9.69 Å². The van der Waals surface area contributed by atoms with E-state index in [0.29, 0.717) is 17.9 Å². The molecule has 0 atom stereocenters. The Morgan fingerprint density at radius 2 is 1.76 bits per heavy atom. The smallest absolute Gasteiger partial charge is 0.227 e. The molecule has 0 spiro atoms. The van der Waals surface area contributed by atoms with Crippen molar-refractivity contribution in [2.24, 2.45) is 0 Å². The first-order valence-corrected chi connectivity index (χ1v) is 8.89. The minimum absolute atomic E-state index is 0.181. The van der Waals surface area contributed by atoms with Gasteiger partial charge in [-0.2, -0.15) is 0 Å². The van der Waals surface area contributed by atoms with Gasteiger partial charge in [0.15, 0.2) is 11.5 Å². The van der Waals surface area contributed by atoms with Crippen molar-refractivity contribution >= 4 is 5.91 Å². The molecule has 25 heavy (non-hydrogen) atoms. The van der Waals surface area contributed by atoms with Crippen LogP contribution in [0.25, 0.3) is 0 Å². The van der Waals surface area contributed by atoms with Gasteiger partial charge in [0.2, 0.25) is 5.91 Å². The van der Waals surface area contributed by atoms with Crippen LogP contribution in [-0.4, -0.2) is 88.2 Å². The van der Waals surface area contributed by atoms with Crippen molar-refractivity contribution in [2.45, 2.75) is 12.8 Å². The molecule has 1 aromatic carbocycles. The lowest BCUT2D eigenvalue weighted by atomic mass is 10.1. The maximum absolute atomic E-state index is 12.6. The molecular formula is C19H31N3O3. The van der Waals surface area contributed by atoms with Gasteiger partial charge in [-0.05, 0) is 51.3 Å². The van der Waals surface area contributed by atoms with Crippen molar-refractivity contribution in [2.75, 3.05) is 67.6 Å². The molecule has 1 heterocycles. The van der Waals surface area contributed by atoms with E-state index in [9.17, 15) is 4.79 Å². The summed E-state index contributed by atoms with van der Waals surface area (Å²) in [6.45, 7) is 5.77. The fourth-order valence-corrected chi connectivity index (χ4v) is 3.11. The van der Waals surface area contributed by atoms with Gasteiger partial charge in [0.1, 0.15) is 0 Å². The molecule has 1 aliphatic heterocycles. The average molecular weight is 349 g/mol. The minimum Gasteiger partial charge on any atom is -0.493 e. The van der Waals surface area contributed by atoms with Gasteiger partial charge < -0.3 is 19.3 Å². The van der Waals surface area contributed by atoms with Gasteiger partial charge >= 0.3 is 0 Å². The third-order valence-electron chi connectivity index (χ3n) is 4.61. The number of hydrogen-bond donors (Lipinski definition) is 0. The molecular weight excluding hydrogens is 318 g/mol. The van der Waals surface area contributed by atoms with Crippen LogP contribution in [0.15, 0.2) is 18.2 Å². The van der Waals surface area contributed by atoms with Crippen molar-refractivity contribution in [3.8, 4) is 11.5 Å². The molecule has 1 saturated heterocycles. The summed E-state index contributed by atoms with van der Waals surface area (Å²) in [5.41, 5.74) is 0.955. The molecule has 1 fully saturated rings. The number of rotatable bonds is 8. The zero-order chi connectivity index (χ0) is 18.2. The lowest BCUT2D eigenvalue weighted by Crippen LogP contribution is -2.49. The lowest BCUT2D eigenvalue weighted by Gasteiger charge is -2.35. The Hall–Kier alpha value is -1.79. The Labute approximate surface area is 151 Å². The molecule has 1 amide bonds. The summed E-state index contributed by atoms with van der Waals surface area (Å²) < 4.78 is 10.6. The summed E-state index contributed by atoms with van der Waals surface area (Å²) in [6, 6.07) is 5.66. The van der Waals surface area contributed by atoms with E-state index < -0.39 is 0 Å². The summed E-state index contributed by atoms with van der Waals surface area (Å²) in [5.74, 6) is 1.53. The number of methoxy groups -OCH3 is 2. The van der Waals surface area contributed by atoms with E-state index in [-0.39, 0.29) is 5.91 Å². The van der Waals surface area contributed by atoms with Crippen molar-refractivity contribution in [1.29, 1.82) is 0 Å². The average Bonchev–Trinajstić information content (AvgIpc) is 2.61. The van der Waals surface area contributed by atoms with Crippen molar-refractivity contribution in [1.82, 2.24) is 14.7 Å². The van der Waals surface area contributed by atoms with Gasteiger partial charge in [-0.1, -0.05) is 6.07 Å². The Balaban J connectivity index is 1.80. The molecule has 0 aromatic heterocycles. The van der Waals surface area contributed by atoms with Crippen LogP contribution in [0, 0.1) is 0 Å². The van der Waals surface area contributed by atoms with Crippen LogP contribution >= 0.6 is 0 Å². The van der Waals surface area contributed by atoms with Gasteiger partial charge in [0.05, 0.1) is 20.6 Å². The second-order valence-corrected chi connectivity index (χ2v) is 6.75. The predicted octanol–water partition coefficient (Wildman–Crippen LogP) is 1.34. The topological polar surface area (TPSA) is 45.2 Å². The van der Waals surface area contributed by atoms with Gasteiger partial charge in [0, 0.05) is 26.2 Å². The van der Waals surface area contributed by atoms with Crippen LogP contribution < -0.4 is 9.47 Å². The van der Waals surface area contributed by atoms with Gasteiger partial charge in [0.25, 0.3) is 0 Å². The number of carbonyl (C=O) groups is 1. The van der Waals surface area contributed by atoms with Crippen LogP contribution in [0.4, 0.5) is 0 Å². The van der Waals surface area contributed by atoms with E-state index >= 15 is 0 Å². The predicted molar refractivity (Wildman–Crippen MR) is 99.4 cm³/mol. The zero-order valence-electron chi connectivity index (χ0n) is 16.0. The number of ether oxygens (including phenoxy) is 2. The monoisotopic (exact) mass is 349 g/mol. The fourth-order valence-electron chi connectivity index (χ4n) is 3.11. The molecule has 1 aliphatic rings. The third kappa shape index (κ3) is 5.90. The van der Waals surface area contributed by atoms with Crippen LogP contribution in [0.1, 0.15) is 12.0 Å². The summed E-state index contributed by atoms with van der Waals surface area (Å²) in [7, 11) is 7.43. The first-order valence-electron chi connectivity index (χ1n) is 8.89. The highest BCUT2D eigenvalue weighted by atomic mass is 16.5. The first kappa shape index (κ1) is 19.5. The number of nitrogens with zero attached hydrogens (tertiary/aromatic N) is 3. The molecule has 0 bridgehead atoms. The summed E-state index contributed by atoms with van der Waals surface area (Å²) >= 11 is 0. The molecule has 0 aliphatic carbocycles. The van der Waals surface area contributed by atoms with Crippen LogP contribution in [0.2, 0.25) is 0 Å². The number of benzene rings is 1. The standard InChI is InChI=1S/C19H31N3O3/c1-20(2)8-5-9-21-10-12-22(13-11-21)19(23)15-16-6-7-17(24-3)18(14-16)25-4/h6-7,14H,5,8-13,15H2,1-4H3. The number of hydrogen-bond acceptors (Lipinski definition) is 5. The largest absolute Gasteiger partial charge is 0.493 e. The Kier molecular flexibility index (Phi) is 7.52. The Morgan fingerprint density at radius 1 is 1.08 bits per heavy atom. The summed E-state index contributed by atoms with van der Waals surface area (Å²) in [4.78, 5) is 19.2. The van der Waals surface area contributed by atoms with Crippen molar-refractivity contribution in [3.63, 3.8) is 0 Å². The van der Waals surface area contributed by atoms with Crippen molar-refractivity contribution in [3.05, 3.63) is 23.8 Å². The van der Waals surface area contributed by atoms with E-state index in [0.717, 1.165) is 44.8 Å². The summed E-state index contributed by atoms with van der Waals surface area (Å²) in [5, 5.41) is 0. The molecule has 1 aromatic rings. The minimum atomic E-state index is 0.181. The molecule has 2 rings (SSSR count). The van der Waals surface area contributed by atoms with E-state index in [4.69, 9.17) is 9.47 Å². The molecule has 0 radical (unpaired) electrons. The van der Waals surface area contributed by atoms with Crippen LogP contribution in [-0.2, 0) is 11.2 Å². The van der Waals surface area contributed by atoms with Crippen LogP contribution in [0.5, 0.6) is 11.5 Å². The number of amides is 1. The molecule has 0 N–H and O–H groups in total. The molecule has 0 saturated carbocycles. The lowest BCUT2D eigenvalue weighted by molar-refractivity contribution is -0.132. The van der Waals surface area contributed by atoms with E-state index in [2.05, 4.69) is 23.9 Å². The number of piperazine rings is 1. The zero-order valence-corrected chi connectivity index (χ0v) is 16.0. The van der Waals surface area contributed by atoms with E-state index in [1.54, 1.807) is 14.2 Å². The fraction of sp³-hybridized carbons (Fsp3) is 0.632. The molecule has 6 heteroatoms. The van der Waals surface area contributed by atoms with Crippen molar-refractivity contribution < 1.29 is 14.3 Å². The Morgan fingerprint density at radius 3 is 2.36 bits per heavy atom. The molecule has 6 nitrogen and oxygen atoms in total.